The van der Waals surface area contributed by atoms with Crippen LogP contribution in [0.4, 0.5) is 6.01 Å². The van der Waals surface area contributed by atoms with Gasteiger partial charge in [-0.1, -0.05) is 21.0 Å². The molecule has 1 aromatic carbocycles. The van der Waals surface area contributed by atoms with Gasteiger partial charge in [-0.3, -0.25) is 10.1 Å². The quantitative estimate of drug-likeness (QED) is 0.782. The lowest BCUT2D eigenvalue weighted by atomic mass is 10.2. The molecule has 0 spiro atoms. The summed E-state index contributed by atoms with van der Waals surface area (Å²) >= 11 is 3.25. The van der Waals surface area contributed by atoms with Crippen LogP contribution in [0.5, 0.6) is 5.75 Å². The average molecular weight is 353 g/mol. The molecule has 1 unspecified atom stereocenters. The number of carbonyl (C=O) groups excluding carboxylic acids is 1. The van der Waals surface area contributed by atoms with Gasteiger partial charge in [0.1, 0.15) is 5.75 Å². The third-order valence-corrected chi connectivity index (χ3v) is 3.72. The van der Waals surface area contributed by atoms with Gasteiger partial charge in [0.05, 0.1) is 11.6 Å². The van der Waals surface area contributed by atoms with E-state index in [-0.39, 0.29) is 23.4 Å². The molecule has 7 nitrogen and oxygen atoms in total. The van der Waals surface area contributed by atoms with Gasteiger partial charge in [0.25, 0.3) is 5.91 Å². The van der Waals surface area contributed by atoms with E-state index in [0.717, 1.165) is 19.4 Å². The molecular formula is C13H13BrN4O3. The van der Waals surface area contributed by atoms with Crippen LogP contribution in [0, 0.1) is 0 Å². The van der Waals surface area contributed by atoms with E-state index < -0.39 is 5.91 Å². The van der Waals surface area contributed by atoms with Crippen LogP contribution < -0.4 is 10.6 Å². The van der Waals surface area contributed by atoms with Gasteiger partial charge in [0.2, 0.25) is 5.89 Å². The third-order valence-electron chi connectivity index (χ3n) is 3.22. The van der Waals surface area contributed by atoms with Crippen LogP contribution in [0.3, 0.4) is 0 Å². The summed E-state index contributed by atoms with van der Waals surface area (Å²) in [4.78, 5) is 12.1. The number of aromatic hydroxyl groups is 1. The van der Waals surface area contributed by atoms with Crippen LogP contribution in [0.25, 0.3) is 0 Å². The molecule has 2 aromatic rings. The van der Waals surface area contributed by atoms with E-state index in [0.29, 0.717) is 10.4 Å². The predicted octanol–water partition coefficient (Wildman–Crippen LogP) is 2.21. The maximum absolute atomic E-state index is 12.1. The van der Waals surface area contributed by atoms with Crippen molar-refractivity contribution in [1.29, 1.82) is 0 Å². The zero-order valence-electron chi connectivity index (χ0n) is 11.0. The first-order chi connectivity index (χ1) is 10.1. The molecule has 1 aliphatic rings. The molecule has 1 aromatic heterocycles. The highest BCUT2D eigenvalue weighted by Crippen LogP contribution is 2.25. The van der Waals surface area contributed by atoms with Crippen LogP contribution in [0.2, 0.25) is 0 Å². The zero-order valence-corrected chi connectivity index (χ0v) is 12.6. The molecular weight excluding hydrogens is 340 g/mol. The summed E-state index contributed by atoms with van der Waals surface area (Å²) in [5.41, 5.74) is 0.128. The molecule has 21 heavy (non-hydrogen) atoms. The van der Waals surface area contributed by atoms with Gasteiger partial charge in [-0.25, -0.2) is 0 Å². The smallest absolute Gasteiger partial charge is 0.322 e. The van der Waals surface area contributed by atoms with Crippen molar-refractivity contribution < 1.29 is 14.3 Å². The minimum atomic E-state index is -0.511. The molecule has 1 aliphatic heterocycles. The van der Waals surface area contributed by atoms with E-state index >= 15 is 0 Å². The van der Waals surface area contributed by atoms with Gasteiger partial charge in [-0.05, 0) is 37.6 Å². The van der Waals surface area contributed by atoms with E-state index in [1.54, 1.807) is 6.07 Å². The first kappa shape index (κ1) is 14.0. The van der Waals surface area contributed by atoms with Gasteiger partial charge in [-0.2, -0.15) is 0 Å². The van der Waals surface area contributed by atoms with E-state index in [2.05, 4.69) is 36.8 Å². The molecule has 1 amide bonds. The van der Waals surface area contributed by atoms with Crippen molar-refractivity contribution in [2.24, 2.45) is 0 Å². The molecule has 3 rings (SSSR count). The Labute approximate surface area is 128 Å². The van der Waals surface area contributed by atoms with Crippen LogP contribution in [-0.4, -0.2) is 27.8 Å². The topological polar surface area (TPSA) is 100 Å². The van der Waals surface area contributed by atoms with Gasteiger partial charge >= 0.3 is 6.01 Å². The van der Waals surface area contributed by atoms with Crippen molar-refractivity contribution in [3.63, 3.8) is 0 Å². The number of rotatable bonds is 3. The summed E-state index contributed by atoms with van der Waals surface area (Å²) in [6.07, 6.45) is 1.99. The Morgan fingerprint density at radius 1 is 1.48 bits per heavy atom. The van der Waals surface area contributed by atoms with E-state index in [9.17, 15) is 9.90 Å². The normalized spacial score (nSPS) is 17.9. The van der Waals surface area contributed by atoms with Gasteiger partial charge in [0, 0.05) is 4.47 Å². The summed E-state index contributed by atoms with van der Waals surface area (Å²) in [6.45, 7) is 0.917. The van der Waals surface area contributed by atoms with Crippen molar-refractivity contribution >= 4 is 27.9 Å². The fraction of sp³-hybridized carbons (Fsp3) is 0.308. The summed E-state index contributed by atoms with van der Waals surface area (Å²) in [5, 5.41) is 23.1. The fourth-order valence-electron chi connectivity index (χ4n) is 2.18. The number of hydrogen-bond acceptors (Lipinski definition) is 6. The fourth-order valence-corrected chi connectivity index (χ4v) is 2.54. The number of carbonyl (C=O) groups is 1. The minimum Gasteiger partial charge on any atom is -0.507 e. The van der Waals surface area contributed by atoms with Crippen molar-refractivity contribution in [3.05, 3.63) is 34.1 Å². The highest BCUT2D eigenvalue weighted by atomic mass is 79.9. The number of aromatic nitrogens is 2. The van der Waals surface area contributed by atoms with Crippen LogP contribution >= 0.6 is 15.9 Å². The van der Waals surface area contributed by atoms with E-state index in [1.807, 2.05) is 0 Å². The molecule has 8 heteroatoms. The van der Waals surface area contributed by atoms with Crippen molar-refractivity contribution in [1.82, 2.24) is 15.5 Å². The molecule has 0 radical (unpaired) electrons. The number of hydrogen-bond donors (Lipinski definition) is 3. The Kier molecular flexibility index (Phi) is 3.89. The molecule has 3 N–H and O–H groups in total. The lowest BCUT2D eigenvalue weighted by Gasteiger charge is -2.04. The maximum atomic E-state index is 12.1. The Morgan fingerprint density at radius 2 is 2.33 bits per heavy atom. The Hall–Kier alpha value is -1.93. The number of halogens is 1. The summed E-state index contributed by atoms with van der Waals surface area (Å²) in [7, 11) is 0. The SMILES string of the molecule is O=C(Nc1nnc(C2CCCN2)o1)c1cc(Br)ccc1O. The Bertz CT molecular complexity index is 667. The molecule has 110 valence electrons. The third kappa shape index (κ3) is 3.06. The first-order valence-corrected chi connectivity index (χ1v) is 7.29. The lowest BCUT2D eigenvalue weighted by molar-refractivity contribution is 0.102. The summed E-state index contributed by atoms with van der Waals surface area (Å²) < 4.78 is 6.11. The number of anilines is 1. The van der Waals surface area contributed by atoms with Crippen LogP contribution in [0.15, 0.2) is 27.1 Å². The molecule has 0 bridgehead atoms. The van der Waals surface area contributed by atoms with Crippen LogP contribution in [0.1, 0.15) is 35.1 Å². The molecule has 1 fully saturated rings. The monoisotopic (exact) mass is 352 g/mol. The molecule has 1 saturated heterocycles. The first-order valence-electron chi connectivity index (χ1n) is 6.50. The second kappa shape index (κ2) is 5.82. The number of benzene rings is 1. The number of nitrogens with one attached hydrogen (secondary N) is 2. The van der Waals surface area contributed by atoms with E-state index in [4.69, 9.17) is 4.42 Å². The standard InChI is InChI=1S/C13H13BrN4O3/c14-7-3-4-10(19)8(6-7)11(20)16-13-18-17-12(21-13)9-2-1-5-15-9/h3-4,6,9,15,19H,1-2,5H2,(H,16,18,20). The zero-order chi connectivity index (χ0) is 14.8. The molecule has 0 aliphatic carbocycles. The molecule has 2 heterocycles. The number of amides is 1. The number of nitrogens with zero attached hydrogens (tertiary/aromatic N) is 2. The largest absolute Gasteiger partial charge is 0.507 e. The van der Waals surface area contributed by atoms with Gasteiger partial charge in [0.15, 0.2) is 0 Å². The van der Waals surface area contributed by atoms with E-state index in [1.165, 1.54) is 12.1 Å². The highest BCUT2D eigenvalue weighted by molar-refractivity contribution is 9.10. The summed E-state index contributed by atoms with van der Waals surface area (Å²) in [6, 6.07) is 4.65. The Morgan fingerprint density at radius 3 is 3.10 bits per heavy atom. The highest BCUT2D eigenvalue weighted by Gasteiger charge is 2.23. The average Bonchev–Trinajstić information content (AvgIpc) is 3.11. The number of phenols is 1. The number of phenolic OH excluding ortho intramolecular Hbond substituents is 1. The maximum Gasteiger partial charge on any atom is 0.322 e. The molecule has 0 saturated carbocycles. The van der Waals surface area contributed by atoms with Gasteiger partial charge < -0.3 is 14.8 Å². The Balaban J connectivity index is 1.74. The second-order valence-electron chi connectivity index (χ2n) is 4.71. The lowest BCUT2D eigenvalue weighted by Crippen LogP contribution is -2.13. The van der Waals surface area contributed by atoms with Crippen molar-refractivity contribution in [3.8, 4) is 5.75 Å². The second-order valence-corrected chi connectivity index (χ2v) is 5.63. The van der Waals surface area contributed by atoms with Crippen LogP contribution in [-0.2, 0) is 0 Å². The van der Waals surface area contributed by atoms with Crippen molar-refractivity contribution in [2.75, 3.05) is 11.9 Å². The minimum absolute atomic E-state index is 0.0167. The van der Waals surface area contributed by atoms with Crippen molar-refractivity contribution in [2.45, 2.75) is 18.9 Å². The van der Waals surface area contributed by atoms with Gasteiger partial charge in [-0.15, -0.1) is 5.10 Å². The predicted molar refractivity (Wildman–Crippen MR) is 78.0 cm³/mol. The molecule has 1 atom stereocenters. The summed E-state index contributed by atoms with van der Waals surface area (Å²) in [5.74, 6) is -0.169.